The minimum absolute atomic E-state index is 1.07. The summed E-state index contributed by atoms with van der Waals surface area (Å²) in [4.78, 5) is 2.43. The number of fused-ring (bicyclic) bond motifs is 5. The van der Waals surface area contributed by atoms with Crippen molar-refractivity contribution < 1.29 is 0 Å². The van der Waals surface area contributed by atoms with Gasteiger partial charge in [-0.25, -0.2) is 0 Å². The summed E-state index contributed by atoms with van der Waals surface area (Å²) in [7, 11) is 0. The van der Waals surface area contributed by atoms with E-state index in [1.165, 1.54) is 82.3 Å². The molecule has 0 fully saturated rings. The van der Waals surface area contributed by atoms with E-state index in [4.69, 9.17) is 0 Å². The van der Waals surface area contributed by atoms with Gasteiger partial charge in [-0.3, -0.25) is 0 Å². The second kappa shape index (κ2) is 17.4. The van der Waals surface area contributed by atoms with Gasteiger partial charge in [-0.1, -0.05) is 206 Å². The summed E-state index contributed by atoms with van der Waals surface area (Å²) in [6.45, 7) is 0. The Bertz CT molecular complexity index is 3960. The van der Waals surface area contributed by atoms with Crippen LogP contribution in [0.3, 0.4) is 0 Å². The van der Waals surface area contributed by atoms with E-state index in [-0.39, 0.29) is 0 Å². The summed E-state index contributed by atoms with van der Waals surface area (Å²) >= 11 is 0. The van der Waals surface area contributed by atoms with Crippen molar-refractivity contribution in [3.05, 3.63) is 279 Å². The molecule has 0 radical (unpaired) electrons. The number of hydrogen-bond acceptors (Lipinski definition) is 1. The van der Waals surface area contributed by atoms with Gasteiger partial charge in [0.2, 0.25) is 0 Å². The maximum atomic E-state index is 2.43. The third kappa shape index (κ3) is 7.40. The second-order valence-corrected chi connectivity index (χ2v) is 18.1. The summed E-state index contributed by atoms with van der Waals surface area (Å²) in [5.74, 6) is 0. The molecule has 0 aliphatic heterocycles. The van der Waals surface area contributed by atoms with Gasteiger partial charge in [0, 0.05) is 33.5 Å². The van der Waals surface area contributed by atoms with Crippen molar-refractivity contribution in [1.29, 1.82) is 0 Å². The highest BCUT2D eigenvalue weighted by Crippen LogP contribution is 2.44. The lowest BCUT2D eigenvalue weighted by Crippen LogP contribution is -2.10. The number of aromatic nitrogens is 1. The van der Waals surface area contributed by atoms with Gasteiger partial charge in [0.1, 0.15) is 0 Å². The maximum Gasteiger partial charge on any atom is 0.0547 e. The molecule has 0 aliphatic carbocycles. The highest BCUT2D eigenvalue weighted by Gasteiger charge is 2.20. The van der Waals surface area contributed by atoms with Gasteiger partial charge in [0.25, 0.3) is 0 Å². The van der Waals surface area contributed by atoms with Crippen LogP contribution in [0.1, 0.15) is 0 Å². The number of para-hydroxylation sites is 1. The van der Waals surface area contributed by atoms with E-state index in [2.05, 4.69) is 289 Å². The summed E-state index contributed by atoms with van der Waals surface area (Å²) in [5, 5.41) is 7.45. The summed E-state index contributed by atoms with van der Waals surface area (Å²) < 4.78 is 2.43. The Morgan fingerprint density at radius 3 is 1.44 bits per heavy atom. The largest absolute Gasteiger partial charge is 0.310 e. The predicted molar refractivity (Wildman–Crippen MR) is 298 cm³/mol. The van der Waals surface area contributed by atoms with Crippen LogP contribution in [0, 0.1) is 0 Å². The van der Waals surface area contributed by atoms with Crippen molar-refractivity contribution in [3.8, 4) is 61.3 Å². The fourth-order valence-electron chi connectivity index (χ4n) is 10.6. The molecule has 0 amide bonds. The number of rotatable bonds is 9. The van der Waals surface area contributed by atoms with Crippen LogP contribution >= 0.6 is 0 Å². The minimum atomic E-state index is 1.07. The van der Waals surface area contributed by atoms with Crippen molar-refractivity contribution >= 4 is 60.4 Å². The molecule has 1 heterocycles. The molecule has 0 aliphatic rings. The van der Waals surface area contributed by atoms with Gasteiger partial charge in [0.05, 0.1) is 11.0 Å². The lowest BCUT2D eigenvalue weighted by Gasteiger charge is -2.27. The van der Waals surface area contributed by atoms with E-state index in [1.807, 2.05) is 0 Å². The smallest absolute Gasteiger partial charge is 0.0547 e. The lowest BCUT2D eigenvalue weighted by atomic mass is 9.95. The molecule has 13 aromatic rings. The number of hydrogen-bond donors (Lipinski definition) is 0. The van der Waals surface area contributed by atoms with Crippen LogP contribution in [0.5, 0.6) is 0 Å². The zero-order valence-corrected chi connectivity index (χ0v) is 38.5. The van der Waals surface area contributed by atoms with E-state index < -0.39 is 0 Å². The average molecular weight is 891 g/mol. The number of nitrogens with zero attached hydrogens (tertiary/aromatic N) is 2. The Morgan fingerprint density at radius 1 is 0.243 bits per heavy atom. The third-order valence-electron chi connectivity index (χ3n) is 13.9. The molecule has 13 rings (SSSR count). The highest BCUT2D eigenvalue weighted by molar-refractivity contribution is 6.18. The molecule has 1 aromatic heterocycles. The fourth-order valence-corrected chi connectivity index (χ4v) is 10.6. The van der Waals surface area contributed by atoms with Gasteiger partial charge in [-0.2, -0.15) is 0 Å². The van der Waals surface area contributed by atoms with Crippen molar-refractivity contribution in [2.75, 3.05) is 4.90 Å². The minimum Gasteiger partial charge on any atom is -0.310 e. The van der Waals surface area contributed by atoms with Crippen LogP contribution in [0.2, 0.25) is 0 Å². The standard InChI is InChI=1S/C68H46N2/c1-4-17-47(18-5-1)56-41-57(48-19-6-2-7-20-48)44-61(43-56)69(59-39-37-50(38-40-59)49-33-35-52(36-34-49)63-30-15-24-51-21-12-13-29-62(51)63)60-28-14-25-55(42-60)64-31-16-32-66-68(64)65-45-53-22-10-11-23-54(53)46-67(65)70(66)58-26-8-3-9-27-58/h1-46H. The van der Waals surface area contributed by atoms with Gasteiger partial charge >= 0.3 is 0 Å². The van der Waals surface area contributed by atoms with E-state index in [9.17, 15) is 0 Å². The molecule has 2 nitrogen and oxygen atoms in total. The van der Waals surface area contributed by atoms with E-state index in [1.54, 1.807) is 0 Å². The summed E-state index contributed by atoms with van der Waals surface area (Å²) in [5.41, 5.74) is 18.6. The van der Waals surface area contributed by atoms with Gasteiger partial charge < -0.3 is 9.47 Å². The molecular weight excluding hydrogens is 845 g/mol. The molecule has 0 bridgehead atoms. The molecular formula is C68H46N2. The Hall–Kier alpha value is -9.24. The second-order valence-electron chi connectivity index (χ2n) is 18.1. The summed E-state index contributed by atoms with van der Waals surface area (Å²) in [6, 6.07) is 102. The molecule has 0 atom stereocenters. The first kappa shape index (κ1) is 41.0. The first-order valence-electron chi connectivity index (χ1n) is 24.1. The molecule has 0 unspecified atom stereocenters. The lowest BCUT2D eigenvalue weighted by molar-refractivity contribution is 1.18. The van der Waals surface area contributed by atoms with E-state index >= 15 is 0 Å². The van der Waals surface area contributed by atoms with Crippen molar-refractivity contribution in [2.24, 2.45) is 0 Å². The zero-order chi connectivity index (χ0) is 46.4. The van der Waals surface area contributed by atoms with Crippen LogP contribution in [0.25, 0.3) is 105 Å². The fraction of sp³-hybridized carbons (Fsp3) is 0. The van der Waals surface area contributed by atoms with Crippen LogP contribution in [-0.4, -0.2) is 4.57 Å². The first-order valence-corrected chi connectivity index (χ1v) is 24.1. The zero-order valence-electron chi connectivity index (χ0n) is 38.5. The Labute approximate surface area is 408 Å². The molecule has 0 saturated carbocycles. The molecule has 0 N–H and O–H groups in total. The topological polar surface area (TPSA) is 8.17 Å². The van der Waals surface area contributed by atoms with Gasteiger partial charge in [0.15, 0.2) is 0 Å². The molecule has 70 heavy (non-hydrogen) atoms. The summed E-state index contributed by atoms with van der Waals surface area (Å²) in [6.07, 6.45) is 0. The van der Waals surface area contributed by atoms with E-state index in [0.29, 0.717) is 0 Å². The predicted octanol–water partition coefficient (Wildman–Crippen LogP) is 18.9. The van der Waals surface area contributed by atoms with Gasteiger partial charge in [-0.05, 0) is 150 Å². The molecule has 2 heteroatoms. The molecule has 328 valence electrons. The number of anilines is 3. The Kier molecular flexibility index (Phi) is 10.2. The Morgan fingerprint density at radius 2 is 0.743 bits per heavy atom. The third-order valence-corrected chi connectivity index (χ3v) is 13.9. The van der Waals surface area contributed by atoms with Crippen LogP contribution in [0.15, 0.2) is 279 Å². The molecule has 0 spiro atoms. The monoisotopic (exact) mass is 890 g/mol. The van der Waals surface area contributed by atoms with Crippen molar-refractivity contribution in [1.82, 2.24) is 4.57 Å². The number of benzene rings is 12. The van der Waals surface area contributed by atoms with Gasteiger partial charge in [-0.15, -0.1) is 0 Å². The maximum absolute atomic E-state index is 2.43. The SMILES string of the molecule is c1ccc(-c2cc(-c3ccccc3)cc(N(c3ccc(-c4ccc(-c5cccc6ccccc56)cc4)cc3)c3cccc(-c4cccc5c4c4cc6ccccc6cc4n5-c4ccccc4)c3)c2)cc1. The normalized spacial score (nSPS) is 11.4. The highest BCUT2D eigenvalue weighted by atomic mass is 15.1. The molecule has 12 aromatic carbocycles. The van der Waals surface area contributed by atoms with Crippen molar-refractivity contribution in [3.63, 3.8) is 0 Å². The molecule has 0 saturated heterocycles. The van der Waals surface area contributed by atoms with Crippen LogP contribution in [-0.2, 0) is 0 Å². The van der Waals surface area contributed by atoms with E-state index in [0.717, 1.165) is 39.4 Å². The quantitative estimate of drug-likeness (QED) is 0.140. The Balaban J connectivity index is 0.974. The van der Waals surface area contributed by atoms with Crippen molar-refractivity contribution in [2.45, 2.75) is 0 Å². The first-order chi connectivity index (χ1) is 34.7. The van der Waals surface area contributed by atoms with Crippen LogP contribution in [0.4, 0.5) is 17.1 Å². The average Bonchev–Trinajstić information content (AvgIpc) is 3.76. The van der Waals surface area contributed by atoms with Crippen LogP contribution < -0.4 is 4.90 Å².